The van der Waals surface area contributed by atoms with Crippen molar-refractivity contribution in [2.75, 3.05) is 18.4 Å². The average Bonchev–Trinajstić information content (AvgIpc) is 3.34. The quantitative estimate of drug-likeness (QED) is 0.489. The molecule has 2 fully saturated rings. The van der Waals surface area contributed by atoms with Crippen molar-refractivity contribution in [3.63, 3.8) is 0 Å². The maximum Gasteiger partial charge on any atom is 0.410 e. The molecule has 1 aliphatic carbocycles. The van der Waals surface area contributed by atoms with Gasteiger partial charge in [0, 0.05) is 35.6 Å². The van der Waals surface area contributed by atoms with Gasteiger partial charge in [0.1, 0.15) is 5.60 Å². The smallest absolute Gasteiger partial charge is 0.410 e. The van der Waals surface area contributed by atoms with Gasteiger partial charge in [0.2, 0.25) is 5.95 Å². The Balaban J connectivity index is 1.36. The summed E-state index contributed by atoms with van der Waals surface area (Å²) in [7, 11) is 0. The topological polar surface area (TPSA) is 85.2 Å². The molecule has 1 unspecified atom stereocenters. The van der Waals surface area contributed by atoms with Crippen LogP contribution in [0, 0.1) is 0 Å². The maximum absolute atomic E-state index is 12.5. The van der Waals surface area contributed by atoms with Crippen molar-refractivity contribution in [3.8, 4) is 0 Å². The summed E-state index contributed by atoms with van der Waals surface area (Å²) < 4.78 is 7.35. The van der Waals surface area contributed by atoms with Crippen LogP contribution in [0.25, 0.3) is 10.9 Å². The average molecular weight is 489 g/mol. The molecule has 2 aliphatic rings. The third-order valence-electron chi connectivity index (χ3n) is 5.85. The largest absolute Gasteiger partial charge is 0.444 e. The first kappa shape index (κ1) is 22.2. The highest BCUT2D eigenvalue weighted by Crippen LogP contribution is 2.39. The first-order chi connectivity index (χ1) is 15.7. The highest BCUT2D eigenvalue weighted by atomic mass is 35.5. The van der Waals surface area contributed by atoms with Gasteiger partial charge in [-0.2, -0.15) is 5.10 Å². The van der Waals surface area contributed by atoms with Crippen LogP contribution in [0.3, 0.4) is 0 Å². The second-order valence-corrected chi connectivity index (χ2v) is 10.5. The van der Waals surface area contributed by atoms with E-state index in [4.69, 9.17) is 27.9 Å². The number of likely N-dealkylation sites (tertiary alicyclic amines) is 1. The van der Waals surface area contributed by atoms with Gasteiger partial charge in [-0.05, 0) is 57.7 Å². The Morgan fingerprint density at radius 1 is 1.18 bits per heavy atom. The summed E-state index contributed by atoms with van der Waals surface area (Å²) in [6.45, 7) is 6.80. The van der Waals surface area contributed by atoms with Gasteiger partial charge >= 0.3 is 6.09 Å². The summed E-state index contributed by atoms with van der Waals surface area (Å²) in [5.74, 6) is 0.557. The number of halogens is 2. The zero-order valence-electron chi connectivity index (χ0n) is 18.8. The fourth-order valence-corrected chi connectivity index (χ4v) is 4.68. The minimum atomic E-state index is -0.520. The third-order valence-corrected chi connectivity index (χ3v) is 6.56. The normalized spacial score (nSPS) is 18.7. The molecule has 1 aromatic carbocycles. The molecule has 10 heteroatoms. The number of fused-ring (bicyclic) bond motifs is 1. The zero-order valence-corrected chi connectivity index (χ0v) is 20.3. The van der Waals surface area contributed by atoms with Gasteiger partial charge in [-0.3, -0.25) is 0 Å². The fraction of sp³-hybridized carbons (Fsp3) is 0.478. The molecule has 0 bridgehead atoms. The van der Waals surface area contributed by atoms with Crippen molar-refractivity contribution in [1.82, 2.24) is 24.6 Å². The number of aromatic nitrogens is 4. The van der Waals surface area contributed by atoms with Crippen LogP contribution < -0.4 is 5.32 Å². The Morgan fingerprint density at radius 3 is 2.70 bits per heavy atom. The molecule has 174 valence electrons. The van der Waals surface area contributed by atoms with Crippen LogP contribution in [-0.2, 0) is 4.74 Å². The number of rotatable bonds is 4. The Morgan fingerprint density at radius 2 is 1.97 bits per heavy atom. The van der Waals surface area contributed by atoms with Crippen molar-refractivity contribution in [1.29, 1.82) is 0 Å². The van der Waals surface area contributed by atoms with E-state index in [-0.39, 0.29) is 12.0 Å². The van der Waals surface area contributed by atoms with Gasteiger partial charge in [0.15, 0.2) is 5.15 Å². The highest BCUT2D eigenvalue weighted by molar-refractivity contribution is 6.32. The number of carbonyl (C=O) groups excluding carboxylic acids is 1. The lowest BCUT2D eigenvalue weighted by Gasteiger charge is -2.24. The molecule has 1 aliphatic heterocycles. The second kappa shape index (κ2) is 8.33. The minimum absolute atomic E-state index is 0.118. The van der Waals surface area contributed by atoms with Crippen molar-refractivity contribution in [3.05, 3.63) is 40.3 Å². The van der Waals surface area contributed by atoms with Gasteiger partial charge in [-0.15, -0.1) is 0 Å². The van der Waals surface area contributed by atoms with E-state index in [1.807, 2.05) is 37.6 Å². The second-order valence-electron chi connectivity index (χ2n) is 9.69. The fourth-order valence-electron chi connectivity index (χ4n) is 4.07. The first-order valence-electron chi connectivity index (χ1n) is 11.1. The molecule has 0 spiro atoms. The van der Waals surface area contributed by atoms with Crippen molar-refractivity contribution in [2.45, 2.75) is 57.6 Å². The van der Waals surface area contributed by atoms with Crippen LogP contribution in [-0.4, -0.2) is 49.4 Å². The Bertz CT molecular complexity index is 1220. The number of hydrogen-bond donors (Lipinski definition) is 1. The number of nitrogens with one attached hydrogen (secondary N) is 1. The standard InChI is InChI=1S/C23H26Cl2N6O2/c1-23(2,3)33-22(32)30-7-6-13(12-30)16-9-18-14(8-17(16)24)10-26-21(28-18)29-19-11-27-31(20(19)25)15-4-5-15/h8-11,13,15H,4-7,12H2,1-3H3,(H,26,28,29). The number of amides is 1. The van der Waals surface area contributed by atoms with Gasteiger partial charge in [-0.25, -0.2) is 19.4 Å². The molecular weight excluding hydrogens is 463 g/mol. The number of carbonyl (C=O) groups is 1. The van der Waals surface area contributed by atoms with E-state index in [1.165, 1.54) is 0 Å². The number of ether oxygens (including phenoxy) is 1. The molecule has 0 radical (unpaired) electrons. The minimum Gasteiger partial charge on any atom is -0.444 e. The molecule has 1 saturated carbocycles. The van der Waals surface area contributed by atoms with Crippen LogP contribution in [0.15, 0.2) is 24.5 Å². The van der Waals surface area contributed by atoms with Crippen LogP contribution in [0.4, 0.5) is 16.4 Å². The van der Waals surface area contributed by atoms with Gasteiger partial charge < -0.3 is 15.0 Å². The van der Waals surface area contributed by atoms with E-state index in [2.05, 4.69) is 20.4 Å². The van der Waals surface area contributed by atoms with E-state index in [0.29, 0.717) is 40.9 Å². The summed E-state index contributed by atoms with van der Waals surface area (Å²) in [5, 5.41) is 9.59. The summed E-state index contributed by atoms with van der Waals surface area (Å²) in [6, 6.07) is 4.26. The van der Waals surface area contributed by atoms with Crippen molar-refractivity contribution >= 4 is 51.8 Å². The molecule has 3 aromatic rings. The first-order valence-corrected chi connectivity index (χ1v) is 11.9. The lowest BCUT2D eigenvalue weighted by molar-refractivity contribution is 0.0292. The third kappa shape index (κ3) is 4.73. The van der Waals surface area contributed by atoms with Crippen LogP contribution in [0.1, 0.15) is 57.6 Å². The van der Waals surface area contributed by atoms with E-state index < -0.39 is 5.60 Å². The molecule has 8 nitrogen and oxygen atoms in total. The molecule has 1 atom stereocenters. The number of nitrogens with zero attached hydrogens (tertiary/aromatic N) is 5. The molecule has 1 saturated heterocycles. The van der Waals surface area contributed by atoms with Crippen LogP contribution in [0.2, 0.25) is 10.2 Å². The summed E-state index contributed by atoms with van der Waals surface area (Å²) in [4.78, 5) is 23.3. The predicted octanol–water partition coefficient (Wildman–Crippen LogP) is 5.94. The lowest BCUT2D eigenvalue weighted by atomic mass is 9.97. The Kier molecular flexibility index (Phi) is 5.61. The monoisotopic (exact) mass is 488 g/mol. The maximum atomic E-state index is 12.5. The lowest BCUT2D eigenvalue weighted by Crippen LogP contribution is -2.35. The van der Waals surface area contributed by atoms with Crippen LogP contribution in [0.5, 0.6) is 0 Å². The van der Waals surface area contributed by atoms with Crippen molar-refractivity contribution < 1.29 is 9.53 Å². The zero-order chi connectivity index (χ0) is 23.3. The molecule has 5 rings (SSSR count). The summed E-state index contributed by atoms with van der Waals surface area (Å²) in [6.07, 6.45) is 6.16. The van der Waals surface area contributed by atoms with E-state index in [9.17, 15) is 4.79 Å². The van der Waals surface area contributed by atoms with Gasteiger partial charge in [0.25, 0.3) is 0 Å². The SMILES string of the molecule is CC(C)(C)OC(=O)N1CCC(c2cc3nc(Nc4cnn(C5CC5)c4Cl)ncc3cc2Cl)C1. The van der Waals surface area contributed by atoms with E-state index in [1.54, 1.807) is 17.3 Å². The van der Waals surface area contributed by atoms with Gasteiger partial charge in [-0.1, -0.05) is 23.2 Å². The van der Waals surface area contributed by atoms with E-state index >= 15 is 0 Å². The van der Waals surface area contributed by atoms with Crippen LogP contribution >= 0.6 is 23.2 Å². The number of benzene rings is 1. The Labute approximate surface area is 202 Å². The summed E-state index contributed by atoms with van der Waals surface area (Å²) >= 11 is 13.1. The van der Waals surface area contributed by atoms with Gasteiger partial charge in [0.05, 0.1) is 23.4 Å². The molecule has 2 aromatic heterocycles. The molecule has 1 amide bonds. The molecule has 33 heavy (non-hydrogen) atoms. The highest BCUT2D eigenvalue weighted by Gasteiger charge is 2.32. The summed E-state index contributed by atoms with van der Waals surface area (Å²) in [5.41, 5.74) is 1.91. The van der Waals surface area contributed by atoms with Crippen molar-refractivity contribution in [2.24, 2.45) is 0 Å². The Hall–Kier alpha value is -2.58. The molecular formula is C23H26Cl2N6O2. The molecule has 1 N–H and O–H groups in total. The number of hydrogen-bond acceptors (Lipinski definition) is 6. The molecule has 3 heterocycles. The predicted molar refractivity (Wildman–Crippen MR) is 129 cm³/mol. The van der Waals surface area contributed by atoms with E-state index in [0.717, 1.165) is 35.7 Å². The number of anilines is 2.